The van der Waals surface area contributed by atoms with Crippen LogP contribution in [0, 0.1) is 0 Å². The van der Waals surface area contributed by atoms with Crippen molar-refractivity contribution < 1.29 is 4.74 Å². The molecule has 0 unspecified atom stereocenters. The van der Waals surface area contributed by atoms with Gasteiger partial charge < -0.3 is 10.1 Å². The molecule has 0 aliphatic heterocycles. The maximum atomic E-state index is 4.97. The second-order valence-corrected chi connectivity index (χ2v) is 4.48. The largest absolute Gasteiger partial charge is 0.383 e. The average Bonchev–Trinajstić information content (AvgIpc) is 2.85. The molecule has 0 fully saturated rings. The van der Waals surface area contributed by atoms with Crippen molar-refractivity contribution in [2.45, 2.75) is 6.54 Å². The molecule has 4 nitrogen and oxygen atoms in total. The molecule has 2 aromatic rings. The zero-order valence-electron chi connectivity index (χ0n) is 9.72. The fourth-order valence-corrected chi connectivity index (χ4v) is 2.14. The quantitative estimate of drug-likeness (QED) is 0.795. The van der Waals surface area contributed by atoms with Gasteiger partial charge in [0.15, 0.2) is 0 Å². The number of ether oxygens (including phenoxy) is 1. The van der Waals surface area contributed by atoms with Gasteiger partial charge in [-0.3, -0.25) is 4.98 Å². The summed E-state index contributed by atoms with van der Waals surface area (Å²) in [5.74, 6) is 0. The van der Waals surface area contributed by atoms with E-state index in [9.17, 15) is 0 Å². The van der Waals surface area contributed by atoms with E-state index >= 15 is 0 Å². The van der Waals surface area contributed by atoms with Crippen LogP contribution in [-0.4, -0.2) is 29.6 Å². The molecular weight excluding hydrogens is 234 g/mol. The zero-order chi connectivity index (χ0) is 11.9. The van der Waals surface area contributed by atoms with Crippen LogP contribution in [-0.2, 0) is 11.3 Å². The van der Waals surface area contributed by atoms with Crippen LogP contribution in [0.5, 0.6) is 0 Å². The van der Waals surface area contributed by atoms with Crippen LogP contribution >= 0.6 is 11.5 Å². The normalized spacial score (nSPS) is 10.6. The molecule has 5 heteroatoms. The lowest BCUT2D eigenvalue weighted by Gasteiger charge is -2.00. The van der Waals surface area contributed by atoms with E-state index in [1.165, 1.54) is 16.4 Å². The average molecular weight is 249 g/mol. The number of rotatable bonds is 6. The summed E-state index contributed by atoms with van der Waals surface area (Å²) in [4.78, 5) is 5.31. The van der Waals surface area contributed by atoms with Crippen molar-refractivity contribution >= 4 is 11.5 Å². The minimum absolute atomic E-state index is 0.730. The van der Waals surface area contributed by atoms with Gasteiger partial charge >= 0.3 is 0 Å². The van der Waals surface area contributed by atoms with Gasteiger partial charge in [0.1, 0.15) is 0 Å². The lowest BCUT2D eigenvalue weighted by Crippen LogP contribution is -2.17. The van der Waals surface area contributed by atoms with Gasteiger partial charge in [-0.15, -0.1) is 0 Å². The molecule has 0 amide bonds. The predicted octanol–water partition coefficient (Wildman–Crippen LogP) is 1.94. The molecule has 90 valence electrons. The first-order chi connectivity index (χ1) is 8.40. The summed E-state index contributed by atoms with van der Waals surface area (Å²) in [6, 6.07) is 6.04. The topological polar surface area (TPSA) is 47.0 Å². The third-order valence-electron chi connectivity index (χ3n) is 2.30. The highest BCUT2D eigenvalue weighted by Gasteiger charge is 2.03. The van der Waals surface area contributed by atoms with Crippen LogP contribution in [0.3, 0.4) is 0 Å². The molecule has 0 bridgehead atoms. The monoisotopic (exact) mass is 249 g/mol. The Morgan fingerprint density at radius 2 is 2.41 bits per heavy atom. The maximum absolute atomic E-state index is 4.97. The molecule has 0 radical (unpaired) electrons. The molecule has 2 rings (SSSR count). The fraction of sp³-hybridized carbons (Fsp3) is 0.333. The number of hydrogen-bond donors (Lipinski definition) is 1. The van der Waals surface area contributed by atoms with Crippen molar-refractivity contribution in [2.24, 2.45) is 0 Å². The van der Waals surface area contributed by atoms with E-state index in [1.807, 2.05) is 18.3 Å². The van der Waals surface area contributed by atoms with E-state index in [1.54, 1.807) is 13.3 Å². The van der Waals surface area contributed by atoms with E-state index in [0.29, 0.717) is 0 Å². The Balaban J connectivity index is 1.92. The van der Waals surface area contributed by atoms with Gasteiger partial charge in [0, 0.05) is 43.0 Å². The van der Waals surface area contributed by atoms with Crippen LogP contribution in [0.15, 0.2) is 30.6 Å². The minimum atomic E-state index is 0.730. The van der Waals surface area contributed by atoms with E-state index in [0.717, 1.165) is 31.0 Å². The van der Waals surface area contributed by atoms with Crippen molar-refractivity contribution in [3.8, 4) is 11.3 Å². The number of hydrogen-bond acceptors (Lipinski definition) is 5. The first-order valence-corrected chi connectivity index (χ1v) is 6.23. The molecule has 0 saturated carbocycles. The van der Waals surface area contributed by atoms with Crippen LogP contribution in [0.4, 0.5) is 0 Å². The third kappa shape index (κ3) is 3.59. The molecule has 17 heavy (non-hydrogen) atoms. The van der Waals surface area contributed by atoms with Gasteiger partial charge in [0.2, 0.25) is 0 Å². The number of aromatic nitrogens is 2. The first kappa shape index (κ1) is 12.2. The first-order valence-electron chi connectivity index (χ1n) is 5.46. The van der Waals surface area contributed by atoms with E-state index in [-0.39, 0.29) is 0 Å². The Morgan fingerprint density at radius 3 is 3.18 bits per heavy atom. The Morgan fingerprint density at radius 1 is 1.47 bits per heavy atom. The zero-order valence-corrected chi connectivity index (χ0v) is 10.5. The van der Waals surface area contributed by atoms with E-state index < -0.39 is 0 Å². The second kappa shape index (κ2) is 6.44. The summed E-state index contributed by atoms with van der Waals surface area (Å²) in [6.07, 6.45) is 3.60. The smallest absolute Gasteiger partial charge is 0.0859 e. The van der Waals surface area contributed by atoms with Crippen LogP contribution in [0.1, 0.15) is 4.88 Å². The molecule has 2 aromatic heterocycles. The van der Waals surface area contributed by atoms with Gasteiger partial charge in [-0.05, 0) is 29.7 Å². The Labute approximate surface area is 105 Å². The second-order valence-electron chi connectivity index (χ2n) is 3.59. The molecular formula is C12H15N3OS. The van der Waals surface area contributed by atoms with Crippen molar-refractivity contribution in [1.29, 1.82) is 0 Å². The van der Waals surface area contributed by atoms with E-state index in [2.05, 4.69) is 20.7 Å². The highest BCUT2D eigenvalue weighted by atomic mass is 32.1. The molecule has 0 aliphatic rings. The minimum Gasteiger partial charge on any atom is -0.383 e. The summed E-state index contributed by atoms with van der Waals surface area (Å²) in [7, 11) is 1.70. The lowest BCUT2D eigenvalue weighted by atomic mass is 10.2. The van der Waals surface area contributed by atoms with Gasteiger partial charge in [0.05, 0.1) is 12.3 Å². The molecule has 0 spiro atoms. The number of pyridine rings is 1. The molecule has 0 aromatic carbocycles. The number of nitrogens with zero attached hydrogens (tertiary/aromatic N) is 2. The van der Waals surface area contributed by atoms with Gasteiger partial charge in [-0.25, -0.2) is 0 Å². The summed E-state index contributed by atoms with van der Waals surface area (Å²) < 4.78 is 9.39. The maximum Gasteiger partial charge on any atom is 0.0859 e. The van der Waals surface area contributed by atoms with Crippen LogP contribution < -0.4 is 5.32 Å². The third-order valence-corrected chi connectivity index (χ3v) is 3.08. The van der Waals surface area contributed by atoms with Gasteiger partial charge in [-0.1, -0.05) is 0 Å². The lowest BCUT2D eigenvalue weighted by molar-refractivity contribution is 0.199. The highest BCUT2D eigenvalue weighted by Crippen LogP contribution is 2.20. The van der Waals surface area contributed by atoms with Crippen LogP contribution in [0.25, 0.3) is 11.3 Å². The fourth-order valence-electron chi connectivity index (χ4n) is 1.43. The number of nitrogens with one attached hydrogen (secondary N) is 1. The molecule has 2 heterocycles. The standard InChI is InChI=1S/C12H15N3OS/c1-16-6-5-14-9-11-7-12(15-17-11)10-3-2-4-13-8-10/h2-4,7-8,14H,5-6,9H2,1H3. The van der Waals surface area contributed by atoms with Crippen molar-refractivity contribution in [2.75, 3.05) is 20.3 Å². The predicted molar refractivity (Wildman–Crippen MR) is 68.9 cm³/mol. The van der Waals surface area contributed by atoms with Crippen molar-refractivity contribution in [1.82, 2.24) is 14.7 Å². The Bertz CT molecular complexity index is 444. The molecule has 0 aliphatic carbocycles. The number of methoxy groups -OCH3 is 1. The van der Waals surface area contributed by atoms with Crippen molar-refractivity contribution in [3.05, 3.63) is 35.5 Å². The SMILES string of the molecule is COCCNCc1cc(-c2cccnc2)ns1. The molecule has 1 N–H and O–H groups in total. The Kier molecular flexibility index (Phi) is 4.61. The molecule has 0 saturated heterocycles. The Hall–Kier alpha value is -1.30. The summed E-state index contributed by atoms with van der Waals surface area (Å²) in [5, 5.41) is 3.30. The van der Waals surface area contributed by atoms with E-state index in [4.69, 9.17) is 4.74 Å². The summed E-state index contributed by atoms with van der Waals surface area (Å²) >= 11 is 1.52. The van der Waals surface area contributed by atoms with Gasteiger partial charge in [-0.2, -0.15) is 4.37 Å². The highest BCUT2D eigenvalue weighted by molar-refractivity contribution is 7.06. The molecule has 0 atom stereocenters. The van der Waals surface area contributed by atoms with Crippen molar-refractivity contribution in [3.63, 3.8) is 0 Å². The van der Waals surface area contributed by atoms with Crippen LogP contribution in [0.2, 0.25) is 0 Å². The van der Waals surface area contributed by atoms with Gasteiger partial charge in [0.25, 0.3) is 0 Å². The summed E-state index contributed by atoms with van der Waals surface area (Å²) in [6.45, 7) is 2.42. The summed E-state index contributed by atoms with van der Waals surface area (Å²) in [5.41, 5.74) is 2.05.